The average Bonchev–Trinajstić information content (AvgIpc) is 2.59. The molecule has 5 unspecified atom stereocenters. The van der Waals surface area contributed by atoms with E-state index in [4.69, 9.17) is 5.11 Å². The summed E-state index contributed by atoms with van der Waals surface area (Å²) in [5, 5.41) is 36.7. The molecule has 6 N–H and O–H groups in total. The maximum atomic E-state index is 11.3. The van der Waals surface area contributed by atoms with Crippen molar-refractivity contribution in [1.82, 2.24) is 10.9 Å². The van der Waals surface area contributed by atoms with Crippen molar-refractivity contribution >= 4 is 23.9 Å². The highest BCUT2D eigenvalue weighted by Crippen LogP contribution is 2.32. The van der Waals surface area contributed by atoms with Gasteiger partial charge in [-0.1, -0.05) is 0 Å². The molecule has 0 spiro atoms. The lowest BCUT2D eigenvalue weighted by atomic mass is 9.77. The first-order valence-electron chi connectivity index (χ1n) is 8.61. The second kappa shape index (κ2) is 8.45. The number of hydrazine groups is 1. The number of rotatable bonds is 7. The molecule has 0 heterocycles. The zero-order chi connectivity index (χ0) is 19.4. The van der Waals surface area contributed by atoms with Crippen molar-refractivity contribution in [2.75, 3.05) is 0 Å². The van der Waals surface area contributed by atoms with E-state index in [0.29, 0.717) is 6.42 Å². The van der Waals surface area contributed by atoms with Gasteiger partial charge in [-0.2, -0.15) is 0 Å². The van der Waals surface area contributed by atoms with Crippen LogP contribution in [0.25, 0.3) is 0 Å². The second-order valence-electron chi connectivity index (χ2n) is 7.16. The van der Waals surface area contributed by atoms with Crippen molar-refractivity contribution in [3.05, 3.63) is 0 Å². The van der Waals surface area contributed by atoms with Crippen LogP contribution < -0.4 is 10.9 Å². The molecule has 5 atom stereocenters. The number of carboxylic acids is 4. The summed E-state index contributed by atoms with van der Waals surface area (Å²) >= 11 is 0. The smallest absolute Gasteiger partial charge is 0.307 e. The quantitative estimate of drug-likeness (QED) is 0.334. The molecule has 0 aliphatic heterocycles. The topological polar surface area (TPSA) is 173 Å². The van der Waals surface area contributed by atoms with Gasteiger partial charge < -0.3 is 20.4 Å². The summed E-state index contributed by atoms with van der Waals surface area (Å²) in [4.78, 5) is 44.9. The van der Waals surface area contributed by atoms with Crippen molar-refractivity contribution < 1.29 is 39.6 Å². The van der Waals surface area contributed by atoms with Gasteiger partial charge in [-0.15, -0.1) is 0 Å². The lowest BCUT2D eigenvalue weighted by Gasteiger charge is -2.36. The van der Waals surface area contributed by atoms with Gasteiger partial charge in [0.15, 0.2) is 0 Å². The first-order chi connectivity index (χ1) is 12.2. The van der Waals surface area contributed by atoms with E-state index in [1.807, 2.05) is 0 Å². The molecule has 0 aromatic carbocycles. The number of carbonyl (C=O) groups is 4. The van der Waals surface area contributed by atoms with Gasteiger partial charge in [0, 0.05) is 12.1 Å². The minimum Gasteiger partial charge on any atom is -0.481 e. The lowest BCUT2D eigenvalue weighted by molar-refractivity contribution is -0.156. The van der Waals surface area contributed by atoms with Crippen LogP contribution in [0.3, 0.4) is 0 Å². The molecular formula is C16H24N2O8. The van der Waals surface area contributed by atoms with Gasteiger partial charge in [0.1, 0.15) is 0 Å². The molecule has 146 valence electrons. The maximum Gasteiger partial charge on any atom is 0.307 e. The van der Waals surface area contributed by atoms with Crippen molar-refractivity contribution in [2.45, 2.75) is 50.6 Å². The molecule has 2 fully saturated rings. The van der Waals surface area contributed by atoms with Crippen LogP contribution in [0.5, 0.6) is 0 Å². The third kappa shape index (κ3) is 4.92. The highest BCUT2D eigenvalue weighted by atomic mass is 16.4. The first-order valence-corrected chi connectivity index (χ1v) is 8.61. The molecule has 2 saturated carbocycles. The molecule has 0 radical (unpaired) electrons. The van der Waals surface area contributed by atoms with Crippen LogP contribution in [0, 0.1) is 23.7 Å². The number of nitrogens with one attached hydrogen (secondary N) is 2. The first kappa shape index (κ1) is 20.1. The Kier molecular flexibility index (Phi) is 6.54. The molecular weight excluding hydrogens is 348 g/mol. The molecule has 0 amide bonds. The predicted molar refractivity (Wildman–Crippen MR) is 86.1 cm³/mol. The summed E-state index contributed by atoms with van der Waals surface area (Å²) in [5.41, 5.74) is 5.91. The van der Waals surface area contributed by atoms with Crippen LogP contribution in [0.4, 0.5) is 0 Å². The van der Waals surface area contributed by atoms with E-state index in [0.717, 1.165) is 0 Å². The molecule has 2 aliphatic rings. The van der Waals surface area contributed by atoms with Gasteiger partial charge in [0.25, 0.3) is 0 Å². The van der Waals surface area contributed by atoms with Crippen LogP contribution in [0.1, 0.15) is 38.5 Å². The fourth-order valence-electron chi connectivity index (χ4n) is 3.95. The average molecular weight is 372 g/mol. The van der Waals surface area contributed by atoms with Crippen LogP contribution in [0.15, 0.2) is 0 Å². The molecule has 2 rings (SSSR count). The molecule has 0 bridgehead atoms. The van der Waals surface area contributed by atoms with E-state index in [1.165, 1.54) is 0 Å². The SMILES string of the molecule is O=C(O)C1CC(NNC2CCC(C(=O)O)C(C(=O)O)C2)CC(C(=O)O)C1. The standard InChI is InChI=1S/C16H24N2O8/c19-13(20)7-3-8(14(21)22)5-10(4-7)18-17-9-1-2-11(15(23)24)12(6-9)16(25)26/h7-12,17-18H,1-6H2,(H,19,20)(H,21,22)(H,23,24)(H,25,26). The summed E-state index contributed by atoms with van der Waals surface area (Å²) in [6.45, 7) is 0. The summed E-state index contributed by atoms with van der Waals surface area (Å²) in [5.74, 6) is -7.76. The fraction of sp³-hybridized carbons (Fsp3) is 0.750. The number of hydrogen-bond acceptors (Lipinski definition) is 6. The van der Waals surface area contributed by atoms with Crippen LogP contribution in [-0.4, -0.2) is 56.4 Å². The van der Waals surface area contributed by atoms with Crippen molar-refractivity contribution in [1.29, 1.82) is 0 Å². The zero-order valence-electron chi connectivity index (χ0n) is 14.1. The van der Waals surface area contributed by atoms with Gasteiger partial charge in [-0.25, -0.2) is 0 Å². The van der Waals surface area contributed by atoms with E-state index < -0.39 is 47.5 Å². The largest absolute Gasteiger partial charge is 0.481 e. The number of carboxylic acid groups (broad SMARTS) is 4. The van der Waals surface area contributed by atoms with Gasteiger partial charge in [-0.3, -0.25) is 30.0 Å². The summed E-state index contributed by atoms with van der Waals surface area (Å²) in [7, 11) is 0. The van der Waals surface area contributed by atoms with E-state index in [9.17, 15) is 34.5 Å². The molecule has 0 aromatic rings. The van der Waals surface area contributed by atoms with Crippen LogP contribution >= 0.6 is 0 Å². The minimum atomic E-state index is -1.15. The molecule has 0 aromatic heterocycles. The van der Waals surface area contributed by atoms with E-state index in [2.05, 4.69) is 10.9 Å². The van der Waals surface area contributed by atoms with Crippen molar-refractivity contribution in [2.24, 2.45) is 23.7 Å². The van der Waals surface area contributed by atoms with Gasteiger partial charge in [-0.05, 0) is 38.5 Å². The summed E-state index contributed by atoms with van der Waals surface area (Å²) < 4.78 is 0. The predicted octanol–water partition coefficient (Wildman–Crippen LogP) is -0.0112. The Bertz CT molecular complexity index is 559. The second-order valence-corrected chi connectivity index (χ2v) is 7.16. The molecule has 10 nitrogen and oxygen atoms in total. The Morgan fingerprint density at radius 2 is 1.08 bits per heavy atom. The summed E-state index contributed by atoms with van der Waals surface area (Å²) in [6.07, 6.45) is 1.47. The fourth-order valence-corrected chi connectivity index (χ4v) is 3.95. The Balaban J connectivity index is 1.92. The Hall–Kier alpha value is -2.20. The van der Waals surface area contributed by atoms with E-state index in [1.54, 1.807) is 0 Å². The lowest BCUT2D eigenvalue weighted by Crippen LogP contribution is -2.53. The molecule has 10 heteroatoms. The highest BCUT2D eigenvalue weighted by Gasteiger charge is 2.40. The van der Waals surface area contributed by atoms with Gasteiger partial charge >= 0.3 is 23.9 Å². The maximum absolute atomic E-state index is 11.3. The molecule has 2 aliphatic carbocycles. The number of hydrogen-bond donors (Lipinski definition) is 6. The van der Waals surface area contributed by atoms with Crippen molar-refractivity contribution in [3.8, 4) is 0 Å². The normalized spacial score (nSPS) is 34.8. The third-order valence-corrected chi connectivity index (χ3v) is 5.38. The third-order valence-electron chi connectivity index (χ3n) is 5.38. The Morgan fingerprint density at radius 3 is 1.54 bits per heavy atom. The van der Waals surface area contributed by atoms with Crippen LogP contribution in [-0.2, 0) is 19.2 Å². The Labute approximate surface area is 149 Å². The summed E-state index contributed by atoms with van der Waals surface area (Å²) in [6, 6.07) is -0.647. The zero-order valence-corrected chi connectivity index (χ0v) is 14.1. The minimum absolute atomic E-state index is 0.0909. The highest BCUT2D eigenvalue weighted by molar-refractivity contribution is 5.80. The molecule has 0 saturated heterocycles. The van der Waals surface area contributed by atoms with E-state index in [-0.39, 0.29) is 44.2 Å². The van der Waals surface area contributed by atoms with Gasteiger partial charge in [0.05, 0.1) is 23.7 Å². The number of aliphatic carboxylic acids is 4. The van der Waals surface area contributed by atoms with Crippen LogP contribution in [0.2, 0.25) is 0 Å². The van der Waals surface area contributed by atoms with Gasteiger partial charge in [0.2, 0.25) is 0 Å². The monoisotopic (exact) mass is 372 g/mol. The molecule has 26 heavy (non-hydrogen) atoms. The Morgan fingerprint density at radius 1 is 0.577 bits per heavy atom. The van der Waals surface area contributed by atoms with E-state index >= 15 is 0 Å². The van der Waals surface area contributed by atoms with Crippen molar-refractivity contribution in [3.63, 3.8) is 0 Å².